The fourth-order valence-electron chi connectivity index (χ4n) is 4.90. The molecule has 142 valence electrons. The van der Waals surface area contributed by atoms with Gasteiger partial charge in [0.15, 0.2) is 0 Å². The summed E-state index contributed by atoms with van der Waals surface area (Å²) in [4.78, 5) is 17.6. The van der Waals surface area contributed by atoms with Crippen LogP contribution in [0.15, 0.2) is 30.3 Å². The van der Waals surface area contributed by atoms with Gasteiger partial charge < -0.3 is 9.64 Å². The number of carbonyl (C=O) groups excluding carboxylic acids is 1. The van der Waals surface area contributed by atoms with E-state index >= 15 is 0 Å². The molecule has 1 saturated carbocycles. The lowest BCUT2D eigenvalue weighted by Crippen LogP contribution is -2.56. The molecule has 1 aromatic rings. The molecule has 1 aromatic carbocycles. The van der Waals surface area contributed by atoms with Gasteiger partial charge in [0.1, 0.15) is 0 Å². The summed E-state index contributed by atoms with van der Waals surface area (Å²) in [5.74, 6) is 1.09. The monoisotopic (exact) mass is 356 g/mol. The predicted molar refractivity (Wildman–Crippen MR) is 103 cm³/mol. The smallest absolute Gasteiger partial charge is 0.253 e. The lowest BCUT2D eigenvalue weighted by atomic mass is 9.84. The highest BCUT2D eigenvalue weighted by atomic mass is 16.5. The minimum Gasteiger partial charge on any atom is -0.380 e. The van der Waals surface area contributed by atoms with Crippen molar-refractivity contribution in [2.45, 2.75) is 57.0 Å². The van der Waals surface area contributed by atoms with E-state index in [-0.39, 0.29) is 5.91 Å². The van der Waals surface area contributed by atoms with Crippen LogP contribution in [0.1, 0.15) is 55.8 Å². The molecule has 4 nitrogen and oxygen atoms in total. The van der Waals surface area contributed by atoms with Gasteiger partial charge in [-0.2, -0.15) is 0 Å². The van der Waals surface area contributed by atoms with E-state index in [0.29, 0.717) is 11.6 Å². The second-order valence-corrected chi connectivity index (χ2v) is 8.33. The highest BCUT2D eigenvalue weighted by Gasteiger charge is 2.49. The maximum Gasteiger partial charge on any atom is 0.253 e. The zero-order chi connectivity index (χ0) is 18.0. The Morgan fingerprint density at radius 1 is 1.12 bits per heavy atom. The van der Waals surface area contributed by atoms with E-state index in [1.807, 2.05) is 30.3 Å². The molecule has 3 aliphatic rings. The maximum atomic E-state index is 12.8. The molecule has 3 fully saturated rings. The number of likely N-dealkylation sites (tertiary alicyclic amines) is 2. The van der Waals surface area contributed by atoms with Crippen molar-refractivity contribution in [2.24, 2.45) is 5.92 Å². The van der Waals surface area contributed by atoms with Gasteiger partial charge in [-0.05, 0) is 63.5 Å². The molecule has 0 unspecified atom stereocenters. The van der Waals surface area contributed by atoms with E-state index in [0.717, 1.165) is 50.6 Å². The predicted octanol–water partition coefficient (Wildman–Crippen LogP) is 3.57. The van der Waals surface area contributed by atoms with Crippen molar-refractivity contribution in [1.29, 1.82) is 0 Å². The molecule has 26 heavy (non-hydrogen) atoms. The number of piperidine rings is 1. The third-order valence-electron chi connectivity index (χ3n) is 6.66. The number of rotatable bonds is 6. The molecule has 1 amide bonds. The van der Waals surface area contributed by atoms with Crippen LogP contribution in [0, 0.1) is 5.92 Å². The standard InChI is InChI=1S/C22H32N2O2/c1-2-26-17-20-10-11-22(24(20)16-18-8-9-18)12-14-23(15-13-22)21(25)19-6-4-3-5-7-19/h3-7,18,20H,2,8-17H2,1H3/t20-/m0/s1. The average Bonchev–Trinajstić information content (AvgIpc) is 3.46. The highest BCUT2D eigenvalue weighted by molar-refractivity contribution is 5.94. The van der Waals surface area contributed by atoms with Gasteiger partial charge in [0.25, 0.3) is 5.91 Å². The van der Waals surface area contributed by atoms with Crippen molar-refractivity contribution in [1.82, 2.24) is 9.80 Å². The van der Waals surface area contributed by atoms with Crippen molar-refractivity contribution in [3.8, 4) is 0 Å². The number of ether oxygens (including phenoxy) is 1. The first-order valence-electron chi connectivity index (χ1n) is 10.4. The first-order chi connectivity index (χ1) is 12.7. The van der Waals surface area contributed by atoms with Crippen molar-refractivity contribution < 1.29 is 9.53 Å². The zero-order valence-corrected chi connectivity index (χ0v) is 16.0. The molecule has 2 saturated heterocycles. The molecule has 4 heteroatoms. The number of nitrogens with zero attached hydrogens (tertiary/aromatic N) is 2. The Morgan fingerprint density at radius 3 is 2.50 bits per heavy atom. The van der Waals surface area contributed by atoms with E-state index < -0.39 is 0 Å². The first kappa shape index (κ1) is 18.0. The van der Waals surface area contributed by atoms with Gasteiger partial charge in [-0.25, -0.2) is 0 Å². The van der Waals surface area contributed by atoms with Crippen molar-refractivity contribution >= 4 is 5.91 Å². The van der Waals surface area contributed by atoms with E-state index in [9.17, 15) is 4.79 Å². The molecular formula is C22H32N2O2. The Labute approximate surface area is 157 Å². The normalized spacial score (nSPS) is 25.7. The van der Waals surface area contributed by atoms with Crippen LogP contribution in [-0.2, 0) is 4.74 Å². The summed E-state index contributed by atoms with van der Waals surface area (Å²) >= 11 is 0. The fourth-order valence-corrected chi connectivity index (χ4v) is 4.90. The Morgan fingerprint density at radius 2 is 1.85 bits per heavy atom. The molecule has 2 heterocycles. The van der Waals surface area contributed by atoms with Gasteiger partial charge in [0.2, 0.25) is 0 Å². The number of hydrogen-bond acceptors (Lipinski definition) is 3. The first-order valence-corrected chi connectivity index (χ1v) is 10.4. The minimum absolute atomic E-state index is 0.193. The summed E-state index contributed by atoms with van der Waals surface area (Å²) in [6.07, 6.45) is 7.53. The Bertz CT molecular complexity index is 606. The SMILES string of the molecule is CCOC[C@@H]1CCC2(CCN(C(=O)c3ccccc3)CC2)N1CC1CC1. The molecule has 0 aromatic heterocycles. The van der Waals surface area contributed by atoms with Gasteiger partial charge in [-0.1, -0.05) is 18.2 Å². The van der Waals surface area contributed by atoms with Gasteiger partial charge >= 0.3 is 0 Å². The molecule has 2 aliphatic heterocycles. The lowest BCUT2D eigenvalue weighted by molar-refractivity contribution is 0.00310. The summed E-state index contributed by atoms with van der Waals surface area (Å²) < 4.78 is 5.79. The average molecular weight is 357 g/mol. The topological polar surface area (TPSA) is 32.8 Å². The number of amides is 1. The third-order valence-corrected chi connectivity index (χ3v) is 6.66. The van der Waals surface area contributed by atoms with Crippen LogP contribution >= 0.6 is 0 Å². The summed E-state index contributed by atoms with van der Waals surface area (Å²) in [6, 6.07) is 10.3. The molecule has 0 bridgehead atoms. The summed E-state index contributed by atoms with van der Waals surface area (Å²) in [5.41, 5.74) is 1.12. The highest BCUT2D eigenvalue weighted by Crippen LogP contribution is 2.44. The van der Waals surface area contributed by atoms with Crippen LogP contribution in [0.25, 0.3) is 0 Å². The Kier molecular flexibility index (Phi) is 5.32. The summed E-state index contributed by atoms with van der Waals surface area (Å²) in [6.45, 7) is 6.78. The second kappa shape index (κ2) is 7.69. The van der Waals surface area contributed by atoms with Crippen LogP contribution < -0.4 is 0 Å². The number of carbonyl (C=O) groups is 1. The molecular weight excluding hydrogens is 324 g/mol. The van der Waals surface area contributed by atoms with Crippen LogP contribution in [0.5, 0.6) is 0 Å². The zero-order valence-electron chi connectivity index (χ0n) is 16.0. The molecule has 1 aliphatic carbocycles. The van der Waals surface area contributed by atoms with Crippen LogP contribution in [0.4, 0.5) is 0 Å². The Hall–Kier alpha value is -1.39. The number of benzene rings is 1. The van der Waals surface area contributed by atoms with Gasteiger partial charge in [-0.3, -0.25) is 9.69 Å². The third kappa shape index (κ3) is 3.67. The largest absolute Gasteiger partial charge is 0.380 e. The van der Waals surface area contributed by atoms with E-state index in [4.69, 9.17) is 4.74 Å². The Balaban J connectivity index is 1.41. The molecule has 0 N–H and O–H groups in total. The summed E-state index contributed by atoms with van der Waals surface area (Å²) in [5, 5.41) is 0. The van der Waals surface area contributed by atoms with Crippen LogP contribution in [0.3, 0.4) is 0 Å². The van der Waals surface area contributed by atoms with Crippen LogP contribution in [0.2, 0.25) is 0 Å². The van der Waals surface area contributed by atoms with Gasteiger partial charge in [0, 0.05) is 43.4 Å². The molecule has 0 radical (unpaired) electrons. The number of hydrogen-bond donors (Lipinski definition) is 0. The van der Waals surface area contributed by atoms with E-state index in [1.165, 1.54) is 32.2 Å². The summed E-state index contributed by atoms with van der Waals surface area (Å²) in [7, 11) is 0. The van der Waals surface area contributed by atoms with Crippen LogP contribution in [-0.4, -0.2) is 60.1 Å². The second-order valence-electron chi connectivity index (χ2n) is 8.33. The quantitative estimate of drug-likeness (QED) is 0.781. The van der Waals surface area contributed by atoms with E-state index in [1.54, 1.807) is 0 Å². The van der Waals surface area contributed by atoms with E-state index in [2.05, 4.69) is 16.7 Å². The molecule has 1 spiro atoms. The maximum absolute atomic E-state index is 12.8. The van der Waals surface area contributed by atoms with Crippen molar-refractivity contribution in [3.63, 3.8) is 0 Å². The van der Waals surface area contributed by atoms with Gasteiger partial charge in [-0.15, -0.1) is 0 Å². The molecule has 1 atom stereocenters. The van der Waals surface area contributed by atoms with Gasteiger partial charge in [0.05, 0.1) is 6.61 Å². The fraction of sp³-hybridized carbons (Fsp3) is 0.682. The lowest BCUT2D eigenvalue weighted by Gasteiger charge is -2.47. The molecule has 4 rings (SSSR count). The van der Waals surface area contributed by atoms with Crippen molar-refractivity contribution in [2.75, 3.05) is 32.8 Å². The van der Waals surface area contributed by atoms with Crippen molar-refractivity contribution in [3.05, 3.63) is 35.9 Å². The minimum atomic E-state index is 0.193.